The van der Waals surface area contributed by atoms with E-state index in [4.69, 9.17) is 9.05 Å². The van der Waals surface area contributed by atoms with Crippen LogP contribution in [0.1, 0.15) is 68.6 Å². The number of amides is 1. The molecule has 3 aliphatic rings. The maximum absolute atomic E-state index is 12.2. The first-order valence-corrected chi connectivity index (χ1v) is 11.8. The van der Waals surface area contributed by atoms with E-state index in [9.17, 15) is 4.79 Å². The minimum Gasteiger partial charge on any atom is -0.361 e. The second kappa shape index (κ2) is 8.37. The van der Waals surface area contributed by atoms with E-state index in [1.165, 1.54) is 44.5 Å². The minimum atomic E-state index is -0.00933. The van der Waals surface area contributed by atoms with E-state index >= 15 is 0 Å². The van der Waals surface area contributed by atoms with E-state index in [-0.39, 0.29) is 23.8 Å². The van der Waals surface area contributed by atoms with Gasteiger partial charge < -0.3 is 19.3 Å². The number of nitrogens with zero attached hydrogens (tertiary/aromatic N) is 4. The van der Waals surface area contributed by atoms with Gasteiger partial charge >= 0.3 is 0 Å². The number of aryl methyl sites for hydroxylation is 2. The van der Waals surface area contributed by atoms with Gasteiger partial charge in [0.25, 0.3) is 0 Å². The van der Waals surface area contributed by atoms with E-state index in [0.29, 0.717) is 11.7 Å². The van der Waals surface area contributed by atoms with Crippen LogP contribution in [0.5, 0.6) is 0 Å². The number of aromatic nitrogens is 3. The molecular formula is C23H33N5O3. The molecule has 2 aromatic rings. The highest BCUT2D eigenvalue weighted by atomic mass is 16.5. The first-order chi connectivity index (χ1) is 15.0. The van der Waals surface area contributed by atoms with E-state index in [2.05, 4.69) is 38.5 Å². The quantitative estimate of drug-likeness (QED) is 0.692. The highest BCUT2D eigenvalue weighted by Crippen LogP contribution is 2.58. The van der Waals surface area contributed by atoms with Crippen LogP contribution in [-0.4, -0.2) is 51.8 Å². The Labute approximate surface area is 183 Å². The molecule has 8 heteroatoms. The summed E-state index contributed by atoms with van der Waals surface area (Å²) in [7, 11) is 0. The number of nitrogens with one attached hydrogen (secondary N) is 1. The van der Waals surface area contributed by atoms with Gasteiger partial charge in [0.05, 0.1) is 12.1 Å². The van der Waals surface area contributed by atoms with Crippen LogP contribution in [0.4, 0.5) is 0 Å². The zero-order valence-electron chi connectivity index (χ0n) is 18.6. The van der Waals surface area contributed by atoms with Gasteiger partial charge in [0.15, 0.2) is 5.82 Å². The number of carbonyl (C=O) groups is 1. The average Bonchev–Trinajstić information content (AvgIpc) is 3.17. The molecule has 0 spiro atoms. The zero-order valence-corrected chi connectivity index (χ0v) is 18.6. The Morgan fingerprint density at radius 2 is 2.10 bits per heavy atom. The second-order valence-corrected chi connectivity index (χ2v) is 9.80. The summed E-state index contributed by atoms with van der Waals surface area (Å²) >= 11 is 0. The van der Waals surface area contributed by atoms with Gasteiger partial charge in [-0.2, -0.15) is 4.98 Å². The van der Waals surface area contributed by atoms with Crippen LogP contribution in [0.25, 0.3) is 0 Å². The lowest BCUT2D eigenvalue weighted by molar-refractivity contribution is -0.121. The Bertz CT molecular complexity index is 916. The summed E-state index contributed by atoms with van der Waals surface area (Å²) < 4.78 is 10.4. The lowest BCUT2D eigenvalue weighted by Crippen LogP contribution is -2.39. The molecule has 31 heavy (non-hydrogen) atoms. The molecule has 5 rings (SSSR count). The van der Waals surface area contributed by atoms with Gasteiger partial charge in [0.2, 0.25) is 11.8 Å². The van der Waals surface area contributed by atoms with Crippen LogP contribution in [0.2, 0.25) is 0 Å². The van der Waals surface area contributed by atoms with Crippen molar-refractivity contribution in [1.29, 1.82) is 0 Å². The molecule has 2 aromatic heterocycles. The molecule has 1 saturated heterocycles. The molecule has 3 heterocycles. The number of likely N-dealkylation sites (tertiary alicyclic amines) is 1. The van der Waals surface area contributed by atoms with Crippen LogP contribution >= 0.6 is 0 Å². The largest absolute Gasteiger partial charge is 0.361 e. The molecule has 168 valence electrons. The summed E-state index contributed by atoms with van der Waals surface area (Å²) in [6.07, 6.45) is 8.14. The first-order valence-electron chi connectivity index (χ1n) is 11.8. The summed E-state index contributed by atoms with van der Waals surface area (Å²) in [4.78, 5) is 19.0. The smallest absolute Gasteiger partial charge is 0.228 e. The Hall–Kier alpha value is -2.22. The standard InChI is InChI=1S/C23H33N5O3/c1-3-19-10-20(26-31-19)23-12-17(23)13-28(14-23)9-8-16-4-6-18(7-5-16)25-22(29)11-21-24-15(2)30-27-21/h10,16-18H,3-9,11-14H2,1-2H3,(H,25,29)/t16-,17-,18-,23-/m0/s1. The Balaban J connectivity index is 1.02. The van der Waals surface area contributed by atoms with Gasteiger partial charge in [0, 0.05) is 44.0 Å². The van der Waals surface area contributed by atoms with Crippen LogP contribution in [0, 0.1) is 18.8 Å². The zero-order chi connectivity index (χ0) is 21.4. The van der Waals surface area contributed by atoms with Crippen molar-refractivity contribution in [3.8, 4) is 0 Å². The van der Waals surface area contributed by atoms with Gasteiger partial charge in [-0.15, -0.1) is 0 Å². The monoisotopic (exact) mass is 427 g/mol. The van der Waals surface area contributed by atoms with Crippen molar-refractivity contribution in [3.05, 3.63) is 29.2 Å². The molecule has 1 amide bonds. The lowest BCUT2D eigenvalue weighted by Gasteiger charge is -2.30. The summed E-state index contributed by atoms with van der Waals surface area (Å²) in [5.41, 5.74) is 1.46. The van der Waals surface area contributed by atoms with Crippen LogP contribution in [0.3, 0.4) is 0 Å². The van der Waals surface area contributed by atoms with Crippen molar-refractivity contribution in [1.82, 2.24) is 25.5 Å². The number of carbonyl (C=O) groups excluding carboxylic acids is 1. The number of fused-ring (bicyclic) bond motifs is 1. The van der Waals surface area contributed by atoms with E-state index in [1.54, 1.807) is 6.92 Å². The fourth-order valence-corrected chi connectivity index (χ4v) is 5.66. The van der Waals surface area contributed by atoms with E-state index in [1.807, 2.05) is 0 Å². The molecule has 0 bridgehead atoms. The normalized spacial score (nSPS) is 30.3. The third kappa shape index (κ3) is 4.40. The van der Waals surface area contributed by atoms with E-state index in [0.717, 1.165) is 43.4 Å². The Kier molecular flexibility index (Phi) is 5.58. The average molecular weight is 428 g/mol. The number of piperidine rings is 1. The van der Waals surface area contributed by atoms with Crippen molar-refractivity contribution in [2.24, 2.45) is 11.8 Å². The van der Waals surface area contributed by atoms with E-state index < -0.39 is 0 Å². The van der Waals surface area contributed by atoms with Crippen LogP contribution < -0.4 is 5.32 Å². The summed E-state index contributed by atoms with van der Waals surface area (Å²) in [6.45, 7) is 7.36. The van der Waals surface area contributed by atoms with Gasteiger partial charge in [0.1, 0.15) is 5.76 Å². The fraction of sp³-hybridized carbons (Fsp3) is 0.739. The maximum Gasteiger partial charge on any atom is 0.228 e. The molecule has 2 saturated carbocycles. The highest BCUT2D eigenvalue weighted by Gasteiger charge is 2.62. The SMILES string of the molecule is CCc1cc([C@]23C[C@H]2CN(CC[C@H]2CC[C@H](NC(=O)Cc4noc(C)n4)CC2)C3)no1. The number of hydrogen-bond donors (Lipinski definition) is 1. The molecule has 2 atom stereocenters. The van der Waals surface area contributed by atoms with Crippen LogP contribution in [0.15, 0.2) is 15.1 Å². The van der Waals surface area contributed by atoms with Crippen molar-refractivity contribution in [3.63, 3.8) is 0 Å². The number of hydrogen-bond acceptors (Lipinski definition) is 7. The van der Waals surface area contributed by atoms with Gasteiger partial charge in [-0.3, -0.25) is 4.79 Å². The molecule has 2 aliphatic carbocycles. The molecule has 1 aliphatic heterocycles. The fourth-order valence-electron chi connectivity index (χ4n) is 5.66. The van der Waals surface area contributed by atoms with Gasteiger partial charge in [-0.1, -0.05) is 17.2 Å². The predicted octanol–water partition coefficient (Wildman–Crippen LogP) is 2.81. The summed E-state index contributed by atoms with van der Waals surface area (Å²) in [6, 6.07) is 2.46. The minimum absolute atomic E-state index is 0.00933. The maximum atomic E-state index is 12.2. The molecular weight excluding hydrogens is 394 g/mol. The number of rotatable bonds is 8. The lowest BCUT2D eigenvalue weighted by atomic mass is 9.84. The van der Waals surface area contributed by atoms with Crippen molar-refractivity contribution < 1.29 is 13.8 Å². The topological polar surface area (TPSA) is 97.3 Å². The molecule has 0 radical (unpaired) electrons. The van der Waals surface area contributed by atoms with Crippen molar-refractivity contribution >= 4 is 5.91 Å². The summed E-state index contributed by atoms with van der Waals surface area (Å²) in [5, 5.41) is 11.3. The third-order valence-corrected chi connectivity index (χ3v) is 7.59. The Morgan fingerprint density at radius 3 is 2.81 bits per heavy atom. The van der Waals surface area contributed by atoms with Gasteiger partial charge in [-0.05, 0) is 56.9 Å². The Morgan fingerprint density at radius 1 is 1.26 bits per heavy atom. The van der Waals surface area contributed by atoms with Crippen molar-refractivity contribution in [2.45, 2.75) is 76.7 Å². The van der Waals surface area contributed by atoms with Crippen LogP contribution in [-0.2, 0) is 23.1 Å². The third-order valence-electron chi connectivity index (χ3n) is 7.59. The summed E-state index contributed by atoms with van der Waals surface area (Å²) in [5.74, 6) is 3.48. The van der Waals surface area contributed by atoms with Gasteiger partial charge in [-0.25, -0.2) is 0 Å². The molecule has 0 unspecified atom stereocenters. The van der Waals surface area contributed by atoms with Crippen molar-refractivity contribution in [2.75, 3.05) is 19.6 Å². The first kappa shape index (κ1) is 20.7. The molecule has 0 aromatic carbocycles. The second-order valence-electron chi connectivity index (χ2n) is 9.80. The predicted molar refractivity (Wildman–Crippen MR) is 113 cm³/mol. The molecule has 3 fully saturated rings. The molecule has 1 N–H and O–H groups in total. The highest BCUT2D eigenvalue weighted by molar-refractivity contribution is 5.78. The molecule has 8 nitrogen and oxygen atoms in total.